The molecule has 11 heteroatoms. The van der Waals surface area contributed by atoms with Crippen LogP contribution in [0.15, 0.2) is 66.9 Å². The van der Waals surface area contributed by atoms with Gasteiger partial charge >= 0.3 is 6.09 Å². The zero-order valence-corrected chi connectivity index (χ0v) is 25.1. The number of nitrogens with one attached hydrogen (secondary N) is 2. The van der Waals surface area contributed by atoms with Gasteiger partial charge in [-0.3, -0.25) is 10.2 Å². The largest absolute Gasteiger partial charge is 0.494 e. The molecule has 0 unspecified atom stereocenters. The lowest BCUT2D eigenvalue weighted by Crippen LogP contribution is -2.44. The fourth-order valence-corrected chi connectivity index (χ4v) is 3.93. The van der Waals surface area contributed by atoms with Gasteiger partial charge in [0.05, 0.1) is 23.4 Å². The van der Waals surface area contributed by atoms with Crippen LogP contribution >= 0.6 is 12.6 Å². The van der Waals surface area contributed by atoms with Crippen molar-refractivity contribution in [2.75, 3.05) is 25.2 Å². The Balaban J connectivity index is 0.00000237. The van der Waals surface area contributed by atoms with Crippen molar-refractivity contribution in [2.45, 2.75) is 39.2 Å². The predicted molar refractivity (Wildman–Crippen MR) is 168 cm³/mol. The van der Waals surface area contributed by atoms with Crippen LogP contribution in [0.2, 0.25) is 0 Å². The molecule has 0 bridgehead atoms. The van der Waals surface area contributed by atoms with Gasteiger partial charge in [0.25, 0.3) is 5.91 Å². The number of amides is 2. The van der Waals surface area contributed by atoms with Crippen LogP contribution in [0.1, 0.15) is 44.0 Å². The number of hydrazine groups is 1. The number of fused-ring (bicyclic) bond motifs is 1. The molecule has 2 aromatic carbocycles. The van der Waals surface area contributed by atoms with Gasteiger partial charge in [-0.1, -0.05) is 36.4 Å². The zero-order chi connectivity index (χ0) is 30.7. The van der Waals surface area contributed by atoms with Crippen molar-refractivity contribution in [3.8, 4) is 28.1 Å². The Kier molecular flexibility index (Phi) is 11.5. The number of ether oxygens (including phenoxy) is 2. The zero-order valence-electron chi connectivity index (χ0n) is 24.2. The Bertz CT molecular complexity index is 1490. The molecule has 2 amide bonds. The van der Waals surface area contributed by atoms with E-state index < -0.39 is 17.6 Å². The maximum absolute atomic E-state index is 13.1. The highest BCUT2D eigenvalue weighted by Crippen LogP contribution is 2.28. The minimum atomic E-state index is -0.779. The number of anilines is 1. The Hall–Kier alpha value is -4.35. The Morgan fingerprint density at radius 1 is 0.929 bits per heavy atom. The Labute approximate surface area is 251 Å². The summed E-state index contributed by atoms with van der Waals surface area (Å²) < 4.78 is 10.9. The molecule has 5 N–H and O–H groups in total. The first-order chi connectivity index (χ1) is 20.1. The molecule has 0 radical (unpaired) electrons. The molecular weight excluding hydrogens is 554 g/mol. The molecule has 10 nitrogen and oxygen atoms in total. The van der Waals surface area contributed by atoms with Crippen molar-refractivity contribution in [3.63, 3.8) is 0 Å². The molecule has 42 heavy (non-hydrogen) atoms. The minimum absolute atomic E-state index is 0.165. The molecule has 0 aliphatic carbocycles. The number of unbranched alkanes of at least 4 members (excludes halogenated alkanes) is 1. The van der Waals surface area contributed by atoms with Gasteiger partial charge in [0.1, 0.15) is 17.2 Å². The number of hydrogen-bond acceptors (Lipinski definition) is 9. The van der Waals surface area contributed by atoms with Crippen molar-refractivity contribution in [1.82, 2.24) is 20.8 Å². The summed E-state index contributed by atoms with van der Waals surface area (Å²) in [5.41, 5.74) is 14.0. The quantitative estimate of drug-likeness (QED) is 0.104. The smallest absolute Gasteiger partial charge is 0.426 e. The molecule has 0 spiro atoms. The van der Waals surface area contributed by atoms with Crippen molar-refractivity contribution in [2.24, 2.45) is 0 Å². The lowest BCUT2D eigenvalue weighted by Gasteiger charge is -2.20. The van der Waals surface area contributed by atoms with E-state index in [0.29, 0.717) is 23.2 Å². The van der Waals surface area contributed by atoms with E-state index in [2.05, 4.69) is 28.5 Å². The van der Waals surface area contributed by atoms with Crippen LogP contribution < -0.4 is 21.3 Å². The van der Waals surface area contributed by atoms with Crippen LogP contribution in [0.4, 0.5) is 10.6 Å². The molecule has 4 rings (SSSR count). The summed E-state index contributed by atoms with van der Waals surface area (Å²) >= 11 is 3.53. The molecule has 4 aromatic rings. The van der Waals surface area contributed by atoms with Crippen molar-refractivity contribution in [3.05, 3.63) is 72.4 Å². The number of aromatic nitrogens is 2. The number of nitrogens with zero attached hydrogens (tertiary/aromatic N) is 2. The third kappa shape index (κ3) is 9.08. The van der Waals surface area contributed by atoms with Gasteiger partial charge < -0.3 is 20.3 Å². The van der Waals surface area contributed by atoms with Crippen LogP contribution in [0.3, 0.4) is 0 Å². The van der Waals surface area contributed by atoms with Crippen molar-refractivity contribution >= 4 is 41.3 Å². The summed E-state index contributed by atoms with van der Waals surface area (Å²) in [7, 11) is 0. The number of pyridine rings is 2. The van der Waals surface area contributed by atoms with Crippen LogP contribution in [0.5, 0.6) is 5.75 Å². The van der Waals surface area contributed by atoms with Crippen molar-refractivity contribution in [1.29, 1.82) is 0 Å². The van der Waals surface area contributed by atoms with Gasteiger partial charge in [-0.15, -0.1) is 0 Å². The lowest BCUT2D eigenvalue weighted by molar-refractivity contribution is 0.0483. The number of aliphatic hydroxyl groups excluding tert-OH is 1. The fourth-order valence-electron chi connectivity index (χ4n) is 3.93. The molecule has 222 valence electrons. The molecular formula is C31H37N5O5S. The summed E-state index contributed by atoms with van der Waals surface area (Å²) in [6.45, 7) is 5.91. The molecule has 0 saturated carbocycles. The van der Waals surface area contributed by atoms with Gasteiger partial charge in [-0.05, 0) is 69.2 Å². The Morgan fingerprint density at radius 2 is 1.55 bits per heavy atom. The van der Waals surface area contributed by atoms with E-state index >= 15 is 0 Å². The summed E-state index contributed by atoms with van der Waals surface area (Å²) in [5, 5.41) is 9.36. The maximum Gasteiger partial charge on any atom is 0.426 e. The van der Waals surface area contributed by atoms with E-state index in [9.17, 15) is 9.59 Å². The number of hydrogen-bond donors (Lipinski definition) is 5. The minimum Gasteiger partial charge on any atom is -0.494 e. The predicted octanol–water partition coefficient (Wildman–Crippen LogP) is 5.41. The number of thiol groups is 1. The van der Waals surface area contributed by atoms with Gasteiger partial charge in [0.15, 0.2) is 0 Å². The monoisotopic (exact) mass is 591 g/mol. The van der Waals surface area contributed by atoms with E-state index in [0.717, 1.165) is 35.3 Å². The van der Waals surface area contributed by atoms with Crippen molar-refractivity contribution < 1.29 is 24.2 Å². The fraction of sp³-hybridized carbons (Fsp3) is 0.290. The second-order valence-corrected chi connectivity index (χ2v) is 10.1. The molecule has 0 fully saturated rings. The average Bonchev–Trinajstić information content (AvgIpc) is 2.98. The highest BCUT2D eigenvalue weighted by molar-refractivity contribution is 7.79. The van der Waals surface area contributed by atoms with Gasteiger partial charge in [-0.2, -0.15) is 12.6 Å². The molecule has 0 saturated heterocycles. The molecule has 0 aliphatic heterocycles. The van der Waals surface area contributed by atoms with E-state index in [1.165, 1.54) is 6.20 Å². The van der Waals surface area contributed by atoms with Crippen LogP contribution in [0, 0.1) is 0 Å². The summed E-state index contributed by atoms with van der Waals surface area (Å²) in [6.07, 6.45) is 3.91. The first kappa shape index (κ1) is 32.2. The molecule has 2 aromatic heterocycles. The van der Waals surface area contributed by atoms with Gasteiger partial charge in [0, 0.05) is 29.8 Å². The first-order valence-electron chi connectivity index (χ1n) is 13.4. The maximum atomic E-state index is 13.1. The van der Waals surface area contributed by atoms with Gasteiger partial charge in [-0.25, -0.2) is 20.2 Å². The van der Waals surface area contributed by atoms with Gasteiger partial charge in [0.2, 0.25) is 0 Å². The second kappa shape index (κ2) is 15.0. The number of carbonyl (C=O) groups excluding carboxylic acids is 2. The van der Waals surface area contributed by atoms with E-state index in [4.69, 9.17) is 25.3 Å². The number of rotatable bonds is 8. The standard InChI is InChI=1S/C30H33N5O5.CH4S/c1-30(2,3)40-29(38)35-34-28(37)23-16-25(33-26-17-27(31)32-18-24(23)26)21-8-6-19(7-9-21)20-10-12-22(13-11-20)39-15-5-4-14-36;1-2/h6-13,16-18,36H,4-5,14-15H2,1-3H3,(H2,31,32)(H,34,37)(H,35,38);2H,1H3. The third-order valence-corrected chi connectivity index (χ3v) is 5.83. The normalized spacial score (nSPS) is 10.8. The molecule has 0 aliphatic rings. The average molecular weight is 592 g/mol. The second-order valence-electron chi connectivity index (χ2n) is 10.1. The van der Waals surface area contributed by atoms with E-state index in [1.807, 2.05) is 48.5 Å². The lowest BCUT2D eigenvalue weighted by atomic mass is 10.0. The number of aliphatic hydroxyl groups is 1. The van der Waals surface area contributed by atoms with E-state index in [-0.39, 0.29) is 18.0 Å². The highest BCUT2D eigenvalue weighted by atomic mass is 32.1. The summed E-state index contributed by atoms with van der Waals surface area (Å²) in [4.78, 5) is 33.9. The summed E-state index contributed by atoms with van der Waals surface area (Å²) in [6, 6.07) is 18.8. The first-order valence-corrected chi connectivity index (χ1v) is 14.3. The highest BCUT2D eigenvalue weighted by Gasteiger charge is 2.19. The number of benzene rings is 2. The Morgan fingerprint density at radius 3 is 2.17 bits per heavy atom. The summed E-state index contributed by atoms with van der Waals surface area (Å²) in [5.74, 6) is 0.493. The van der Waals surface area contributed by atoms with E-state index in [1.54, 1.807) is 39.2 Å². The third-order valence-electron chi connectivity index (χ3n) is 5.83. The van der Waals surface area contributed by atoms with Crippen LogP contribution in [-0.4, -0.2) is 52.1 Å². The SMILES string of the molecule is CC(C)(C)OC(=O)NNC(=O)c1cc(-c2ccc(-c3ccc(OCCCCO)cc3)cc2)nc2cc(N)ncc12.CS. The number of nitrogen functional groups attached to an aromatic ring is 1. The topological polar surface area (TPSA) is 149 Å². The van der Waals surface area contributed by atoms with Crippen LogP contribution in [0.25, 0.3) is 33.3 Å². The van der Waals surface area contributed by atoms with Crippen LogP contribution in [-0.2, 0) is 4.74 Å². The molecule has 0 atom stereocenters. The molecule has 2 heterocycles. The number of carbonyl (C=O) groups is 2. The number of nitrogens with two attached hydrogens (primary N) is 1.